The van der Waals surface area contributed by atoms with Crippen LogP contribution >= 0.6 is 11.3 Å². The topological polar surface area (TPSA) is 3.24 Å². The maximum atomic E-state index is 2.60. The fourth-order valence-electron chi connectivity index (χ4n) is 12.2. The van der Waals surface area contributed by atoms with Gasteiger partial charge in [-0.1, -0.05) is 200 Å². The zero-order valence-electron chi connectivity index (χ0n) is 34.9. The second kappa shape index (κ2) is 13.4. The molecule has 0 radical (unpaired) electrons. The van der Waals surface area contributed by atoms with Crippen molar-refractivity contribution in [3.05, 3.63) is 281 Å². The lowest BCUT2D eigenvalue weighted by Crippen LogP contribution is -2.28. The molecule has 0 aliphatic heterocycles. The molecule has 3 aliphatic carbocycles. The standard InChI is InChI=1S/C62H39NS/c1-3-19-40(20-4-1)61(41-21-5-2-6-22-41)52-31-15-10-26-47(52)59-53(61)32-17-33-55(59)63(56-34-18-36-58-60(56)48-27-11-16-35-57(48)64-58)42-37-38-46-45-25-9-14-30-51(45)62(54(46)39-42)49-28-12-7-23-43(49)44-24-8-13-29-50(44)62/h1-39H. The number of fused-ring (bicyclic) bond motifs is 16. The largest absolute Gasteiger partial charge is 0.309 e. The van der Waals surface area contributed by atoms with Crippen LogP contribution in [0.4, 0.5) is 17.1 Å². The van der Waals surface area contributed by atoms with E-state index < -0.39 is 10.8 Å². The van der Waals surface area contributed by atoms with E-state index in [1.165, 1.54) is 109 Å². The Kier molecular flexibility index (Phi) is 7.47. The summed E-state index contributed by atoms with van der Waals surface area (Å²) in [6.45, 7) is 0. The fraction of sp³-hybridized carbons (Fsp3) is 0.0323. The zero-order chi connectivity index (χ0) is 42.0. The summed E-state index contributed by atoms with van der Waals surface area (Å²) < 4.78 is 2.58. The molecule has 0 saturated carbocycles. The van der Waals surface area contributed by atoms with E-state index in [1.54, 1.807) is 0 Å². The van der Waals surface area contributed by atoms with Crippen molar-refractivity contribution in [2.75, 3.05) is 4.90 Å². The smallest absolute Gasteiger partial charge is 0.0726 e. The van der Waals surface area contributed by atoms with Gasteiger partial charge in [-0.15, -0.1) is 11.3 Å². The average Bonchev–Trinajstić information content (AvgIpc) is 4.08. The molecule has 0 amide bonds. The maximum absolute atomic E-state index is 2.60. The molecule has 298 valence electrons. The molecule has 0 atom stereocenters. The maximum Gasteiger partial charge on any atom is 0.0726 e. The summed E-state index contributed by atoms with van der Waals surface area (Å²) >= 11 is 1.88. The normalized spacial score (nSPS) is 14.2. The lowest BCUT2D eigenvalue weighted by atomic mass is 9.68. The molecule has 14 rings (SSSR count). The van der Waals surface area contributed by atoms with E-state index in [4.69, 9.17) is 0 Å². The highest BCUT2D eigenvalue weighted by atomic mass is 32.1. The second-order valence-corrected chi connectivity index (χ2v) is 18.5. The predicted octanol–water partition coefficient (Wildman–Crippen LogP) is 16.2. The van der Waals surface area contributed by atoms with Crippen LogP contribution in [0.15, 0.2) is 237 Å². The number of thiophene rings is 1. The molecule has 0 saturated heterocycles. The molecule has 64 heavy (non-hydrogen) atoms. The summed E-state index contributed by atoms with van der Waals surface area (Å²) in [5.74, 6) is 0. The van der Waals surface area contributed by atoms with E-state index in [1.807, 2.05) is 11.3 Å². The third-order valence-corrected chi connectivity index (χ3v) is 15.7. The molecule has 0 fully saturated rings. The van der Waals surface area contributed by atoms with E-state index in [2.05, 4.69) is 241 Å². The Bertz CT molecular complexity index is 3590. The molecule has 11 aromatic rings. The van der Waals surface area contributed by atoms with Gasteiger partial charge in [0.2, 0.25) is 0 Å². The summed E-state index contributed by atoms with van der Waals surface area (Å²) in [6, 6.07) is 89.0. The SMILES string of the molecule is c1ccc(C2(c3ccccc3)c3ccccc3-c3c(N(c4ccc5c(c4)C4(c6ccccc6-c6ccccc64)c4ccccc4-5)c4cccc5sc6ccccc6c45)cccc32)cc1. The number of hydrogen-bond acceptors (Lipinski definition) is 2. The van der Waals surface area contributed by atoms with Gasteiger partial charge in [0.15, 0.2) is 0 Å². The van der Waals surface area contributed by atoms with Crippen LogP contribution in [0.1, 0.15) is 44.5 Å². The molecule has 0 bridgehead atoms. The van der Waals surface area contributed by atoms with Gasteiger partial charge in [-0.3, -0.25) is 0 Å². The summed E-state index contributed by atoms with van der Waals surface area (Å²) in [6.07, 6.45) is 0. The quantitative estimate of drug-likeness (QED) is 0.167. The first-order chi connectivity index (χ1) is 31.8. The highest BCUT2D eigenvalue weighted by molar-refractivity contribution is 7.26. The Morgan fingerprint density at radius 3 is 1.42 bits per heavy atom. The van der Waals surface area contributed by atoms with Gasteiger partial charge in [-0.2, -0.15) is 0 Å². The molecule has 0 N–H and O–H groups in total. The van der Waals surface area contributed by atoms with Gasteiger partial charge in [0.05, 0.1) is 22.2 Å². The van der Waals surface area contributed by atoms with Crippen molar-refractivity contribution in [1.29, 1.82) is 0 Å². The number of anilines is 3. The minimum Gasteiger partial charge on any atom is -0.309 e. The summed E-state index contributed by atoms with van der Waals surface area (Å²) in [5, 5.41) is 2.56. The second-order valence-electron chi connectivity index (χ2n) is 17.4. The van der Waals surface area contributed by atoms with E-state index in [0.29, 0.717) is 0 Å². The summed E-state index contributed by atoms with van der Waals surface area (Å²) in [4.78, 5) is 2.60. The van der Waals surface area contributed by atoms with E-state index in [0.717, 1.165) is 5.69 Å². The van der Waals surface area contributed by atoms with Crippen molar-refractivity contribution in [1.82, 2.24) is 0 Å². The van der Waals surface area contributed by atoms with Crippen molar-refractivity contribution in [2.45, 2.75) is 10.8 Å². The van der Waals surface area contributed by atoms with Gasteiger partial charge >= 0.3 is 0 Å². The van der Waals surface area contributed by atoms with E-state index in [-0.39, 0.29) is 0 Å². The van der Waals surface area contributed by atoms with Crippen LogP contribution in [0.25, 0.3) is 53.6 Å². The minimum atomic E-state index is -0.530. The number of nitrogens with zero attached hydrogens (tertiary/aromatic N) is 1. The number of rotatable bonds is 5. The molecule has 2 heteroatoms. The fourth-order valence-corrected chi connectivity index (χ4v) is 13.4. The first-order valence-electron chi connectivity index (χ1n) is 22.3. The third-order valence-electron chi connectivity index (χ3n) is 14.6. The van der Waals surface area contributed by atoms with Crippen molar-refractivity contribution < 1.29 is 0 Å². The molecular weight excluding hydrogens is 791 g/mol. The molecule has 1 spiro atoms. The molecule has 1 nitrogen and oxygen atoms in total. The van der Waals surface area contributed by atoms with Gasteiger partial charge < -0.3 is 4.90 Å². The Morgan fingerprint density at radius 1 is 0.312 bits per heavy atom. The summed E-state index contributed by atoms with van der Waals surface area (Å²) in [7, 11) is 0. The molecule has 0 unspecified atom stereocenters. The Balaban J connectivity index is 1.11. The van der Waals surface area contributed by atoms with Crippen molar-refractivity contribution >= 4 is 48.6 Å². The van der Waals surface area contributed by atoms with E-state index >= 15 is 0 Å². The average molecular weight is 830 g/mol. The molecule has 10 aromatic carbocycles. The molecular formula is C62H39NS. The van der Waals surface area contributed by atoms with Gasteiger partial charge in [-0.25, -0.2) is 0 Å². The Morgan fingerprint density at radius 2 is 0.781 bits per heavy atom. The highest BCUT2D eigenvalue weighted by Crippen LogP contribution is 2.64. The van der Waals surface area contributed by atoms with Crippen molar-refractivity contribution in [3.63, 3.8) is 0 Å². The Labute approximate surface area is 376 Å². The van der Waals surface area contributed by atoms with Gasteiger partial charge in [0, 0.05) is 31.4 Å². The van der Waals surface area contributed by atoms with Crippen LogP contribution in [-0.4, -0.2) is 0 Å². The zero-order valence-corrected chi connectivity index (χ0v) is 35.7. The van der Waals surface area contributed by atoms with Crippen LogP contribution in [-0.2, 0) is 10.8 Å². The first kappa shape index (κ1) is 35.8. The molecule has 3 aliphatic rings. The Hall–Kier alpha value is -7.78. The van der Waals surface area contributed by atoms with Gasteiger partial charge in [-0.05, 0) is 109 Å². The molecule has 1 aromatic heterocycles. The van der Waals surface area contributed by atoms with Crippen molar-refractivity contribution in [3.8, 4) is 33.4 Å². The van der Waals surface area contributed by atoms with Crippen LogP contribution in [0.5, 0.6) is 0 Å². The first-order valence-corrected chi connectivity index (χ1v) is 23.1. The van der Waals surface area contributed by atoms with Crippen LogP contribution in [0.2, 0.25) is 0 Å². The number of benzene rings is 10. The summed E-state index contributed by atoms with van der Waals surface area (Å²) in [5.41, 5.74) is 20.7. The lowest BCUT2D eigenvalue weighted by Gasteiger charge is -2.35. The van der Waals surface area contributed by atoms with Crippen LogP contribution < -0.4 is 4.90 Å². The minimum absolute atomic E-state index is 0.469. The predicted molar refractivity (Wildman–Crippen MR) is 268 cm³/mol. The molecule has 1 heterocycles. The lowest BCUT2D eigenvalue weighted by molar-refractivity contribution is 0.768. The number of hydrogen-bond donors (Lipinski definition) is 0. The van der Waals surface area contributed by atoms with Crippen molar-refractivity contribution in [2.24, 2.45) is 0 Å². The van der Waals surface area contributed by atoms with Gasteiger partial charge in [0.1, 0.15) is 0 Å². The van der Waals surface area contributed by atoms with E-state index in [9.17, 15) is 0 Å². The monoisotopic (exact) mass is 829 g/mol. The highest BCUT2D eigenvalue weighted by Gasteiger charge is 2.52. The van der Waals surface area contributed by atoms with Crippen LogP contribution in [0, 0.1) is 0 Å². The van der Waals surface area contributed by atoms with Crippen LogP contribution in [0.3, 0.4) is 0 Å². The third kappa shape index (κ3) is 4.53. The van der Waals surface area contributed by atoms with Gasteiger partial charge in [0.25, 0.3) is 0 Å².